The van der Waals surface area contributed by atoms with Crippen molar-refractivity contribution in [1.82, 2.24) is 15.3 Å². The minimum Gasteiger partial charge on any atom is -0.361 e. The predicted octanol–water partition coefficient (Wildman–Crippen LogP) is 4.36. The number of amides is 1. The number of benzene rings is 2. The van der Waals surface area contributed by atoms with Crippen LogP contribution in [-0.4, -0.2) is 22.4 Å². The first-order valence-corrected chi connectivity index (χ1v) is 9.50. The summed E-state index contributed by atoms with van der Waals surface area (Å²) in [5.41, 5.74) is 5.36. The van der Waals surface area contributed by atoms with Crippen LogP contribution in [0, 0.1) is 6.92 Å². The van der Waals surface area contributed by atoms with Crippen LogP contribution in [0.1, 0.15) is 28.3 Å². The van der Waals surface area contributed by atoms with Gasteiger partial charge in [-0.2, -0.15) is 0 Å². The van der Waals surface area contributed by atoms with Gasteiger partial charge in [0.05, 0.1) is 6.42 Å². The van der Waals surface area contributed by atoms with Crippen molar-refractivity contribution < 1.29 is 4.79 Å². The minimum atomic E-state index is 0.00595. The van der Waals surface area contributed by atoms with Gasteiger partial charge >= 0.3 is 0 Å². The average Bonchev–Trinajstić information content (AvgIpc) is 3.15. The van der Waals surface area contributed by atoms with E-state index in [4.69, 9.17) is 0 Å². The number of H-pyrrole nitrogens is 1. The highest BCUT2D eigenvalue weighted by molar-refractivity contribution is 5.84. The van der Waals surface area contributed by atoms with Gasteiger partial charge in [-0.1, -0.05) is 54.6 Å². The zero-order chi connectivity index (χ0) is 19.3. The number of aryl methyl sites for hydroxylation is 1. The average molecular weight is 369 g/mol. The molecule has 4 rings (SSSR count). The van der Waals surface area contributed by atoms with Gasteiger partial charge in [-0.3, -0.25) is 9.78 Å². The maximum Gasteiger partial charge on any atom is 0.224 e. The van der Waals surface area contributed by atoms with Gasteiger partial charge in [0, 0.05) is 41.5 Å². The fourth-order valence-corrected chi connectivity index (χ4v) is 3.54. The standard InChI is InChI=1S/C24H23N3O/c1-17-11-12-18(14-25-17)13-24(28)27-15-21(19-7-3-2-4-8-19)22-16-26-23-10-6-5-9-20(22)23/h2-12,14,16,21,26H,13,15H2,1H3,(H,27,28). The number of nitrogens with one attached hydrogen (secondary N) is 2. The van der Waals surface area contributed by atoms with E-state index in [9.17, 15) is 4.79 Å². The number of hydrogen-bond donors (Lipinski definition) is 2. The van der Waals surface area contributed by atoms with E-state index in [2.05, 4.69) is 45.7 Å². The lowest BCUT2D eigenvalue weighted by atomic mass is 9.91. The lowest BCUT2D eigenvalue weighted by molar-refractivity contribution is -0.120. The van der Waals surface area contributed by atoms with Crippen molar-refractivity contribution in [3.8, 4) is 0 Å². The van der Waals surface area contributed by atoms with Crippen molar-refractivity contribution in [3.05, 3.63) is 102 Å². The van der Waals surface area contributed by atoms with Gasteiger partial charge in [0.15, 0.2) is 0 Å². The first-order valence-electron chi connectivity index (χ1n) is 9.50. The molecular formula is C24H23N3O. The number of fused-ring (bicyclic) bond motifs is 1. The van der Waals surface area contributed by atoms with Crippen molar-refractivity contribution in [2.45, 2.75) is 19.3 Å². The number of pyridine rings is 1. The Morgan fingerprint density at radius 3 is 2.61 bits per heavy atom. The smallest absolute Gasteiger partial charge is 0.224 e. The molecule has 28 heavy (non-hydrogen) atoms. The molecule has 0 aliphatic rings. The highest BCUT2D eigenvalue weighted by Crippen LogP contribution is 2.30. The van der Waals surface area contributed by atoms with E-state index in [1.54, 1.807) is 6.20 Å². The van der Waals surface area contributed by atoms with Gasteiger partial charge in [0.25, 0.3) is 0 Å². The van der Waals surface area contributed by atoms with Gasteiger partial charge in [-0.25, -0.2) is 0 Å². The molecule has 0 radical (unpaired) electrons. The lowest BCUT2D eigenvalue weighted by Crippen LogP contribution is -2.30. The van der Waals surface area contributed by atoms with E-state index >= 15 is 0 Å². The molecule has 4 heteroatoms. The molecule has 2 N–H and O–H groups in total. The number of aromatic amines is 1. The monoisotopic (exact) mass is 369 g/mol. The Labute approximate surface area is 164 Å². The van der Waals surface area contributed by atoms with Crippen LogP contribution in [0.4, 0.5) is 0 Å². The molecule has 4 aromatic rings. The molecule has 0 saturated carbocycles. The fraction of sp³-hybridized carbons (Fsp3) is 0.167. The van der Waals surface area contributed by atoms with Crippen LogP contribution in [-0.2, 0) is 11.2 Å². The summed E-state index contributed by atoms with van der Waals surface area (Å²) in [6.07, 6.45) is 4.16. The van der Waals surface area contributed by atoms with E-state index in [0.29, 0.717) is 13.0 Å². The summed E-state index contributed by atoms with van der Waals surface area (Å²) in [7, 11) is 0. The van der Waals surface area contributed by atoms with E-state index < -0.39 is 0 Å². The van der Waals surface area contributed by atoms with Crippen molar-refractivity contribution in [3.63, 3.8) is 0 Å². The highest BCUT2D eigenvalue weighted by Gasteiger charge is 2.19. The zero-order valence-corrected chi connectivity index (χ0v) is 15.9. The van der Waals surface area contributed by atoms with E-state index in [1.807, 2.05) is 49.4 Å². The van der Waals surface area contributed by atoms with Gasteiger partial charge < -0.3 is 10.3 Å². The number of carbonyl (C=O) groups is 1. The molecule has 0 aliphatic heterocycles. The van der Waals surface area contributed by atoms with Crippen LogP contribution >= 0.6 is 0 Å². The second-order valence-electron chi connectivity index (χ2n) is 7.04. The summed E-state index contributed by atoms with van der Waals surface area (Å²) in [5.74, 6) is 0.0869. The molecule has 1 atom stereocenters. The van der Waals surface area contributed by atoms with Gasteiger partial charge in [-0.05, 0) is 35.7 Å². The fourth-order valence-electron chi connectivity index (χ4n) is 3.54. The SMILES string of the molecule is Cc1ccc(CC(=O)NCC(c2ccccc2)c2c[nH]c3ccccc23)cn1. The number of hydrogen-bond acceptors (Lipinski definition) is 2. The maximum atomic E-state index is 12.5. The molecular weight excluding hydrogens is 346 g/mol. The largest absolute Gasteiger partial charge is 0.361 e. The minimum absolute atomic E-state index is 0.00595. The summed E-state index contributed by atoms with van der Waals surface area (Å²) < 4.78 is 0. The van der Waals surface area contributed by atoms with Gasteiger partial charge in [-0.15, -0.1) is 0 Å². The molecule has 0 bridgehead atoms. The highest BCUT2D eigenvalue weighted by atomic mass is 16.1. The molecule has 0 fully saturated rings. The Balaban J connectivity index is 1.55. The molecule has 2 heterocycles. The quantitative estimate of drug-likeness (QED) is 0.530. The van der Waals surface area contributed by atoms with Crippen molar-refractivity contribution in [2.24, 2.45) is 0 Å². The van der Waals surface area contributed by atoms with Crippen LogP contribution < -0.4 is 5.32 Å². The third-order valence-corrected chi connectivity index (χ3v) is 5.04. The summed E-state index contributed by atoms with van der Waals surface area (Å²) in [6, 6.07) is 22.5. The zero-order valence-electron chi connectivity index (χ0n) is 15.9. The maximum absolute atomic E-state index is 12.5. The van der Waals surface area contributed by atoms with Crippen LogP contribution in [0.5, 0.6) is 0 Å². The Morgan fingerprint density at radius 1 is 1.04 bits per heavy atom. The van der Waals surface area contributed by atoms with Crippen LogP contribution in [0.2, 0.25) is 0 Å². The number of nitrogens with zero attached hydrogens (tertiary/aromatic N) is 1. The molecule has 1 amide bonds. The van der Waals surface area contributed by atoms with E-state index in [0.717, 1.165) is 16.8 Å². The topological polar surface area (TPSA) is 57.8 Å². The Hall–Kier alpha value is -3.40. The number of aromatic nitrogens is 2. The summed E-state index contributed by atoms with van der Waals surface area (Å²) in [5, 5.41) is 4.30. The van der Waals surface area contributed by atoms with Gasteiger partial charge in [0.2, 0.25) is 5.91 Å². The Morgan fingerprint density at radius 2 is 1.82 bits per heavy atom. The molecule has 0 saturated heterocycles. The third-order valence-electron chi connectivity index (χ3n) is 5.04. The van der Waals surface area contributed by atoms with Crippen LogP contribution in [0.15, 0.2) is 79.1 Å². The molecule has 1 unspecified atom stereocenters. The van der Waals surface area contributed by atoms with E-state index in [-0.39, 0.29) is 11.8 Å². The molecule has 2 aromatic carbocycles. The third kappa shape index (κ3) is 3.96. The van der Waals surface area contributed by atoms with Crippen molar-refractivity contribution in [2.75, 3.05) is 6.54 Å². The first-order chi connectivity index (χ1) is 13.7. The van der Waals surface area contributed by atoms with E-state index in [1.165, 1.54) is 16.5 Å². The Bertz CT molecular complexity index is 1070. The number of carbonyl (C=O) groups excluding carboxylic acids is 1. The summed E-state index contributed by atoms with van der Waals surface area (Å²) in [4.78, 5) is 20.1. The normalized spacial score (nSPS) is 12.0. The summed E-state index contributed by atoms with van der Waals surface area (Å²) in [6.45, 7) is 2.49. The number of rotatable bonds is 6. The van der Waals surface area contributed by atoms with Gasteiger partial charge in [0.1, 0.15) is 0 Å². The summed E-state index contributed by atoms with van der Waals surface area (Å²) >= 11 is 0. The molecule has 2 aromatic heterocycles. The van der Waals surface area contributed by atoms with Crippen molar-refractivity contribution >= 4 is 16.8 Å². The van der Waals surface area contributed by atoms with Crippen LogP contribution in [0.25, 0.3) is 10.9 Å². The van der Waals surface area contributed by atoms with Crippen LogP contribution in [0.3, 0.4) is 0 Å². The second-order valence-corrected chi connectivity index (χ2v) is 7.04. The molecule has 4 nitrogen and oxygen atoms in total. The molecule has 140 valence electrons. The predicted molar refractivity (Wildman–Crippen MR) is 112 cm³/mol. The molecule has 0 aliphatic carbocycles. The van der Waals surface area contributed by atoms with Crippen molar-refractivity contribution in [1.29, 1.82) is 0 Å². The first kappa shape index (κ1) is 18.0. The molecule has 0 spiro atoms. The number of para-hydroxylation sites is 1. The lowest BCUT2D eigenvalue weighted by Gasteiger charge is -2.18. The second kappa shape index (κ2) is 8.09. The Kier molecular flexibility index (Phi) is 5.20.